The van der Waals surface area contributed by atoms with Crippen molar-refractivity contribution in [3.63, 3.8) is 0 Å². The van der Waals surface area contributed by atoms with Crippen LogP contribution in [0.5, 0.6) is 5.75 Å². The molecular weight excluding hydrogens is 316 g/mol. The zero-order valence-electron chi connectivity index (χ0n) is 12.0. The first-order valence-electron chi connectivity index (χ1n) is 6.95. The van der Waals surface area contributed by atoms with E-state index in [2.05, 4.69) is 57.7 Å². The molecule has 1 aromatic heterocycles. The van der Waals surface area contributed by atoms with Crippen molar-refractivity contribution in [2.45, 2.75) is 33.1 Å². The predicted octanol–water partition coefficient (Wildman–Crippen LogP) is 3.74. The Morgan fingerprint density at radius 1 is 1.40 bits per heavy atom. The van der Waals surface area contributed by atoms with E-state index in [-0.39, 0.29) is 0 Å². The maximum Gasteiger partial charge on any atom is 0.182 e. The van der Waals surface area contributed by atoms with E-state index >= 15 is 0 Å². The minimum absolute atomic E-state index is 0.600. The predicted molar refractivity (Wildman–Crippen MR) is 82.6 cm³/mol. The molecule has 3 rings (SSSR count). The van der Waals surface area contributed by atoms with Crippen LogP contribution in [-0.4, -0.2) is 16.7 Å². The highest BCUT2D eigenvalue weighted by Crippen LogP contribution is 2.34. The van der Waals surface area contributed by atoms with Crippen molar-refractivity contribution in [2.75, 3.05) is 7.11 Å². The molecule has 0 aliphatic carbocycles. The van der Waals surface area contributed by atoms with Crippen LogP contribution in [0, 0.1) is 12.1 Å². The van der Waals surface area contributed by atoms with E-state index in [1.165, 1.54) is 16.8 Å². The Balaban J connectivity index is 2.16. The number of aromatic nitrogens is 2. The Morgan fingerprint density at radius 3 is 2.90 bits per heavy atom. The quantitative estimate of drug-likeness (QED) is 0.855. The van der Waals surface area contributed by atoms with Gasteiger partial charge < -0.3 is 4.74 Å². The molecule has 1 radical (unpaired) electrons. The first kappa shape index (κ1) is 13.7. The fourth-order valence-corrected chi connectivity index (χ4v) is 3.33. The zero-order valence-corrected chi connectivity index (χ0v) is 13.6. The SMILES string of the molecule is COc1cc2c(cc1CC(C)C)-n1c([c]nc1Br)CC2. The van der Waals surface area contributed by atoms with Crippen LogP contribution in [0.2, 0.25) is 0 Å². The molecule has 3 nitrogen and oxygen atoms in total. The summed E-state index contributed by atoms with van der Waals surface area (Å²) in [5, 5.41) is 0. The summed E-state index contributed by atoms with van der Waals surface area (Å²) in [5.41, 5.74) is 4.93. The molecule has 0 spiro atoms. The smallest absolute Gasteiger partial charge is 0.182 e. The molecule has 2 aromatic rings. The number of nitrogens with zero attached hydrogens (tertiary/aromatic N) is 2. The third-order valence-corrected chi connectivity index (χ3v) is 4.25. The topological polar surface area (TPSA) is 27.1 Å². The van der Waals surface area contributed by atoms with Crippen LogP contribution < -0.4 is 4.74 Å². The molecule has 20 heavy (non-hydrogen) atoms. The van der Waals surface area contributed by atoms with Gasteiger partial charge in [0, 0.05) is 0 Å². The molecule has 0 N–H and O–H groups in total. The van der Waals surface area contributed by atoms with Crippen LogP contribution in [-0.2, 0) is 19.3 Å². The number of imidazole rings is 1. The maximum atomic E-state index is 5.57. The average Bonchev–Trinajstić information content (AvgIpc) is 2.79. The Hall–Kier alpha value is -1.29. The molecule has 0 saturated heterocycles. The summed E-state index contributed by atoms with van der Waals surface area (Å²) in [4.78, 5) is 4.25. The molecule has 4 heteroatoms. The van der Waals surface area contributed by atoms with Gasteiger partial charge in [-0.2, -0.15) is 0 Å². The van der Waals surface area contributed by atoms with Crippen molar-refractivity contribution in [1.29, 1.82) is 0 Å². The minimum Gasteiger partial charge on any atom is -0.496 e. The van der Waals surface area contributed by atoms with Crippen molar-refractivity contribution < 1.29 is 4.74 Å². The highest BCUT2D eigenvalue weighted by molar-refractivity contribution is 9.10. The highest BCUT2D eigenvalue weighted by Gasteiger charge is 2.21. The first-order valence-corrected chi connectivity index (χ1v) is 7.74. The van der Waals surface area contributed by atoms with Gasteiger partial charge in [0.25, 0.3) is 0 Å². The Kier molecular flexibility index (Phi) is 3.59. The summed E-state index contributed by atoms with van der Waals surface area (Å²) in [5.74, 6) is 1.60. The van der Waals surface area contributed by atoms with E-state index in [0.29, 0.717) is 5.92 Å². The van der Waals surface area contributed by atoms with Crippen LogP contribution in [0.3, 0.4) is 0 Å². The normalized spacial score (nSPS) is 13.2. The van der Waals surface area contributed by atoms with Gasteiger partial charge >= 0.3 is 0 Å². The molecule has 0 unspecified atom stereocenters. The summed E-state index contributed by atoms with van der Waals surface area (Å²) in [6, 6.07) is 4.43. The highest BCUT2D eigenvalue weighted by atomic mass is 79.9. The monoisotopic (exact) mass is 333 g/mol. The van der Waals surface area contributed by atoms with Crippen molar-refractivity contribution in [1.82, 2.24) is 9.55 Å². The van der Waals surface area contributed by atoms with Crippen molar-refractivity contribution in [2.24, 2.45) is 5.92 Å². The van der Waals surface area contributed by atoms with Crippen LogP contribution in [0.25, 0.3) is 5.69 Å². The maximum absolute atomic E-state index is 5.57. The number of ether oxygens (including phenoxy) is 1. The lowest BCUT2D eigenvalue weighted by molar-refractivity contribution is 0.406. The van der Waals surface area contributed by atoms with Gasteiger partial charge in [0.15, 0.2) is 4.73 Å². The van der Waals surface area contributed by atoms with Gasteiger partial charge in [-0.05, 0) is 64.4 Å². The van der Waals surface area contributed by atoms with E-state index < -0.39 is 0 Å². The first-order chi connectivity index (χ1) is 9.60. The number of hydrogen-bond donors (Lipinski definition) is 0. The fourth-order valence-electron chi connectivity index (χ4n) is 2.84. The molecule has 0 atom stereocenters. The summed E-state index contributed by atoms with van der Waals surface area (Å²) in [6.07, 6.45) is 6.09. The molecule has 1 aliphatic rings. The molecule has 0 fully saturated rings. The second-order valence-electron chi connectivity index (χ2n) is 5.67. The Bertz CT molecular complexity index is 646. The molecular formula is C16H18BrN2O. The Labute approximate surface area is 128 Å². The van der Waals surface area contributed by atoms with Crippen LogP contribution in [0.4, 0.5) is 0 Å². The minimum atomic E-state index is 0.600. The van der Waals surface area contributed by atoms with Crippen molar-refractivity contribution in [3.8, 4) is 11.4 Å². The number of rotatable bonds is 3. The van der Waals surface area contributed by atoms with Crippen LogP contribution in [0.15, 0.2) is 16.9 Å². The van der Waals surface area contributed by atoms with Crippen molar-refractivity contribution in [3.05, 3.63) is 39.9 Å². The van der Waals surface area contributed by atoms with Crippen LogP contribution in [0.1, 0.15) is 30.7 Å². The summed E-state index contributed by atoms with van der Waals surface area (Å²) >= 11 is 3.52. The second kappa shape index (κ2) is 5.24. The van der Waals surface area contributed by atoms with Crippen LogP contribution >= 0.6 is 15.9 Å². The summed E-state index contributed by atoms with van der Waals surface area (Å²) < 4.78 is 8.55. The lowest BCUT2D eigenvalue weighted by atomic mass is 9.95. The lowest BCUT2D eigenvalue weighted by Gasteiger charge is -2.22. The number of aryl methyl sites for hydroxylation is 2. The largest absolute Gasteiger partial charge is 0.496 e. The molecule has 0 amide bonds. The second-order valence-corrected chi connectivity index (χ2v) is 6.37. The van der Waals surface area contributed by atoms with Gasteiger partial charge in [-0.3, -0.25) is 4.57 Å². The standard InChI is InChI=1S/C16H18BrN2O/c1-10(2)6-12-7-14-11(8-15(12)20-3)4-5-13-9-18-16(17)19(13)14/h7-8,10H,4-6H2,1-3H3. The average molecular weight is 334 g/mol. The third kappa shape index (κ3) is 2.26. The van der Waals surface area contributed by atoms with Gasteiger partial charge in [0.2, 0.25) is 0 Å². The van der Waals surface area contributed by atoms with E-state index in [4.69, 9.17) is 4.74 Å². The molecule has 0 saturated carbocycles. The number of halogens is 1. The van der Waals surface area contributed by atoms with E-state index in [1.54, 1.807) is 7.11 Å². The third-order valence-electron chi connectivity index (χ3n) is 3.71. The molecule has 1 aliphatic heterocycles. The molecule has 105 valence electrons. The van der Waals surface area contributed by atoms with Gasteiger partial charge in [-0.1, -0.05) is 13.8 Å². The van der Waals surface area contributed by atoms with E-state index in [1.807, 2.05) is 0 Å². The van der Waals surface area contributed by atoms with Gasteiger partial charge in [0.1, 0.15) is 11.9 Å². The number of hydrogen-bond acceptors (Lipinski definition) is 2. The van der Waals surface area contributed by atoms with E-state index in [9.17, 15) is 0 Å². The lowest BCUT2D eigenvalue weighted by Crippen LogP contribution is -2.13. The zero-order chi connectivity index (χ0) is 14.3. The number of methoxy groups -OCH3 is 1. The summed E-state index contributed by atoms with van der Waals surface area (Å²) in [7, 11) is 1.75. The molecule has 0 bridgehead atoms. The summed E-state index contributed by atoms with van der Waals surface area (Å²) in [6.45, 7) is 4.45. The fraction of sp³-hybridized carbons (Fsp3) is 0.438. The van der Waals surface area contributed by atoms with Crippen molar-refractivity contribution >= 4 is 15.9 Å². The number of benzene rings is 1. The van der Waals surface area contributed by atoms with Gasteiger partial charge in [-0.15, -0.1) is 0 Å². The van der Waals surface area contributed by atoms with E-state index in [0.717, 1.165) is 35.4 Å². The van der Waals surface area contributed by atoms with Gasteiger partial charge in [-0.25, -0.2) is 4.98 Å². The number of fused-ring (bicyclic) bond motifs is 3. The molecule has 1 aromatic carbocycles. The molecule has 2 heterocycles. The van der Waals surface area contributed by atoms with Gasteiger partial charge in [0.05, 0.1) is 18.5 Å². The Morgan fingerprint density at radius 2 is 2.20 bits per heavy atom.